The van der Waals surface area contributed by atoms with Crippen molar-refractivity contribution in [3.8, 4) is 0 Å². The normalized spacial score (nSPS) is 10.8. The summed E-state index contributed by atoms with van der Waals surface area (Å²) < 4.78 is 0.904. The molecule has 20 heavy (non-hydrogen) atoms. The van der Waals surface area contributed by atoms with Crippen molar-refractivity contribution in [1.29, 1.82) is 0 Å². The van der Waals surface area contributed by atoms with Crippen LogP contribution in [0.1, 0.15) is 24.5 Å². The number of aliphatic carboxylic acids is 1. The van der Waals surface area contributed by atoms with E-state index in [2.05, 4.69) is 15.9 Å². The molecule has 1 N–H and O–H groups in total. The van der Waals surface area contributed by atoms with Gasteiger partial charge < -0.3 is 10.0 Å². The second kappa shape index (κ2) is 7.85. The van der Waals surface area contributed by atoms with Gasteiger partial charge in [-0.3, -0.25) is 9.59 Å². The number of amides is 1. The van der Waals surface area contributed by atoms with Crippen molar-refractivity contribution in [3.63, 3.8) is 0 Å². The first-order valence-corrected chi connectivity index (χ1v) is 7.18. The highest BCUT2D eigenvalue weighted by Crippen LogP contribution is 2.19. The molecule has 0 aromatic heterocycles. The van der Waals surface area contributed by atoms with Crippen LogP contribution in [0.15, 0.2) is 28.7 Å². The van der Waals surface area contributed by atoms with Crippen LogP contribution in [0.5, 0.6) is 0 Å². The van der Waals surface area contributed by atoms with Gasteiger partial charge in [0.15, 0.2) is 0 Å². The van der Waals surface area contributed by atoms with Gasteiger partial charge in [0.25, 0.3) is 0 Å². The highest BCUT2D eigenvalue weighted by molar-refractivity contribution is 9.10. The van der Waals surface area contributed by atoms with Crippen LogP contribution < -0.4 is 0 Å². The fraction of sp³-hybridized carbons (Fsp3) is 0.333. The van der Waals surface area contributed by atoms with Crippen LogP contribution >= 0.6 is 15.9 Å². The molecule has 0 aliphatic heterocycles. The van der Waals surface area contributed by atoms with E-state index >= 15 is 0 Å². The lowest BCUT2D eigenvalue weighted by Crippen LogP contribution is -2.35. The molecule has 0 spiro atoms. The molecule has 1 rings (SSSR count). The lowest BCUT2D eigenvalue weighted by atomic mass is 10.1. The molecule has 0 radical (unpaired) electrons. The van der Waals surface area contributed by atoms with E-state index in [-0.39, 0.29) is 12.5 Å². The van der Waals surface area contributed by atoms with Crippen molar-refractivity contribution < 1.29 is 14.7 Å². The first kappa shape index (κ1) is 16.4. The zero-order valence-corrected chi connectivity index (χ0v) is 13.2. The van der Waals surface area contributed by atoms with Gasteiger partial charge in [-0.1, -0.05) is 35.0 Å². The van der Waals surface area contributed by atoms with Gasteiger partial charge in [-0.25, -0.2) is 0 Å². The zero-order chi connectivity index (χ0) is 15.1. The first-order chi connectivity index (χ1) is 9.43. The Bertz CT molecular complexity index is 526. The zero-order valence-electron chi connectivity index (χ0n) is 11.6. The lowest BCUT2D eigenvalue weighted by Gasteiger charge is -2.17. The fourth-order valence-corrected chi connectivity index (χ4v) is 2.36. The quantitative estimate of drug-likeness (QED) is 0.810. The molecule has 0 aliphatic carbocycles. The van der Waals surface area contributed by atoms with E-state index in [9.17, 15) is 9.59 Å². The molecule has 4 nitrogen and oxygen atoms in total. The Morgan fingerprint density at radius 1 is 1.40 bits per heavy atom. The maximum Gasteiger partial charge on any atom is 0.323 e. The number of carboxylic acids is 1. The summed E-state index contributed by atoms with van der Waals surface area (Å²) in [6.45, 7) is 4.05. The minimum Gasteiger partial charge on any atom is -0.480 e. The molecule has 0 fully saturated rings. The SMILES string of the molecule is CCCN(CC(=O)O)C(=O)C=Cc1ccc(C)cc1Br. The molecular formula is C15H18BrNO3. The molecule has 0 saturated carbocycles. The standard InChI is InChI=1S/C15H18BrNO3/c1-3-8-17(10-15(19)20)14(18)7-6-12-5-4-11(2)9-13(12)16/h4-7,9H,3,8,10H2,1-2H3,(H,19,20). The molecule has 0 atom stereocenters. The van der Waals surface area contributed by atoms with E-state index in [0.717, 1.165) is 22.0 Å². The third-order valence-corrected chi connectivity index (χ3v) is 3.38. The van der Waals surface area contributed by atoms with Gasteiger partial charge >= 0.3 is 5.97 Å². The highest BCUT2D eigenvalue weighted by atomic mass is 79.9. The minimum absolute atomic E-state index is 0.272. The molecule has 108 valence electrons. The van der Waals surface area contributed by atoms with Gasteiger partial charge in [-0.2, -0.15) is 0 Å². The Labute approximate surface area is 127 Å². The maximum atomic E-state index is 12.0. The van der Waals surface area contributed by atoms with Crippen LogP contribution in [-0.2, 0) is 9.59 Å². The van der Waals surface area contributed by atoms with Gasteiger partial charge in [-0.05, 0) is 36.6 Å². The predicted molar refractivity (Wildman–Crippen MR) is 82.4 cm³/mol. The van der Waals surface area contributed by atoms with Gasteiger partial charge in [-0.15, -0.1) is 0 Å². The molecule has 0 heterocycles. The number of carboxylic acid groups (broad SMARTS) is 1. The van der Waals surface area contributed by atoms with Crippen LogP contribution in [0.25, 0.3) is 6.08 Å². The van der Waals surface area contributed by atoms with E-state index in [0.29, 0.717) is 6.54 Å². The average Bonchev–Trinajstić information content (AvgIpc) is 2.36. The first-order valence-electron chi connectivity index (χ1n) is 6.39. The topological polar surface area (TPSA) is 57.6 Å². The molecule has 1 aromatic rings. The number of aryl methyl sites for hydroxylation is 1. The highest BCUT2D eigenvalue weighted by Gasteiger charge is 2.13. The van der Waals surface area contributed by atoms with E-state index in [1.54, 1.807) is 6.08 Å². The van der Waals surface area contributed by atoms with Crippen molar-refractivity contribution >= 4 is 33.9 Å². The molecule has 0 saturated heterocycles. The smallest absolute Gasteiger partial charge is 0.323 e. The van der Waals surface area contributed by atoms with E-state index in [1.165, 1.54) is 11.0 Å². The summed E-state index contributed by atoms with van der Waals surface area (Å²) in [5.74, 6) is -1.29. The molecule has 5 heteroatoms. The molecule has 0 unspecified atom stereocenters. The van der Waals surface area contributed by atoms with Crippen LogP contribution in [0.4, 0.5) is 0 Å². The molecule has 1 amide bonds. The van der Waals surface area contributed by atoms with Gasteiger partial charge in [0.1, 0.15) is 6.54 Å². The number of halogens is 1. The van der Waals surface area contributed by atoms with Crippen molar-refractivity contribution in [2.24, 2.45) is 0 Å². The van der Waals surface area contributed by atoms with Crippen molar-refractivity contribution in [2.75, 3.05) is 13.1 Å². The number of nitrogens with zero attached hydrogens (tertiary/aromatic N) is 1. The number of carbonyl (C=O) groups is 2. The Morgan fingerprint density at radius 2 is 2.10 bits per heavy atom. The summed E-state index contributed by atoms with van der Waals surface area (Å²) >= 11 is 3.44. The molecule has 0 bridgehead atoms. The van der Waals surface area contributed by atoms with Crippen LogP contribution in [0.3, 0.4) is 0 Å². The number of benzene rings is 1. The summed E-state index contributed by atoms with van der Waals surface area (Å²) in [5, 5.41) is 8.79. The molecule has 1 aromatic carbocycles. The fourth-order valence-electron chi connectivity index (χ4n) is 1.73. The second-order valence-electron chi connectivity index (χ2n) is 4.51. The number of carbonyl (C=O) groups excluding carboxylic acids is 1. The van der Waals surface area contributed by atoms with Crippen molar-refractivity contribution in [3.05, 3.63) is 39.9 Å². The summed E-state index contributed by atoms with van der Waals surface area (Å²) in [6.07, 6.45) is 3.82. The predicted octanol–water partition coefficient (Wildman–Crippen LogP) is 3.09. The average molecular weight is 340 g/mol. The van der Waals surface area contributed by atoms with Crippen LogP contribution in [0, 0.1) is 6.92 Å². The van der Waals surface area contributed by atoms with Crippen LogP contribution in [0.2, 0.25) is 0 Å². The summed E-state index contributed by atoms with van der Waals surface area (Å²) in [5.41, 5.74) is 2.01. The van der Waals surface area contributed by atoms with E-state index < -0.39 is 5.97 Å². The van der Waals surface area contributed by atoms with Gasteiger partial charge in [0.05, 0.1) is 0 Å². The number of hydrogen-bond donors (Lipinski definition) is 1. The van der Waals surface area contributed by atoms with E-state index in [4.69, 9.17) is 5.11 Å². The lowest BCUT2D eigenvalue weighted by molar-refractivity contribution is -0.142. The summed E-state index contributed by atoms with van der Waals surface area (Å²) in [7, 11) is 0. The monoisotopic (exact) mass is 339 g/mol. The summed E-state index contributed by atoms with van der Waals surface area (Å²) in [4.78, 5) is 24.0. The second-order valence-corrected chi connectivity index (χ2v) is 5.37. The minimum atomic E-state index is -1.00. The third kappa shape index (κ3) is 5.17. The molecular weight excluding hydrogens is 322 g/mol. The Morgan fingerprint density at radius 3 is 2.65 bits per heavy atom. The Balaban J connectivity index is 2.80. The summed E-state index contributed by atoms with van der Waals surface area (Å²) in [6, 6.07) is 5.83. The van der Waals surface area contributed by atoms with Gasteiger partial charge in [0.2, 0.25) is 5.91 Å². The third-order valence-electron chi connectivity index (χ3n) is 2.69. The van der Waals surface area contributed by atoms with E-state index in [1.807, 2.05) is 32.0 Å². The Hall–Kier alpha value is -1.62. The largest absolute Gasteiger partial charge is 0.480 e. The van der Waals surface area contributed by atoms with Gasteiger partial charge in [0, 0.05) is 17.1 Å². The molecule has 0 aliphatic rings. The van der Waals surface area contributed by atoms with Crippen molar-refractivity contribution in [2.45, 2.75) is 20.3 Å². The van der Waals surface area contributed by atoms with Crippen LogP contribution in [-0.4, -0.2) is 35.0 Å². The van der Waals surface area contributed by atoms with Crippen molar-refractivity contribution in [1.82, 2.24) is 4.90 Å². The number of hydrogen-bond acceptors (Lipinski definition) is 2. The number of rotatable bonds is 6. The Kier molecular flexibility index (Phi) is 6.45. The maximum absolute atomic E-state index is 12.0.